The SMILES string of the molecule is Oc1c(/C=C\c2ccccc2)cc(C2CCCCC2)cc1Cc1cc(C2CCCCC2)cc(/C=C/c2ccccc2)c1O. The third kappa shape index (κ3) is 7.31. The van der Waals surface area contributed by atoms with Gasteiger partial charge in [0.15, 0.2) is 0 Å². The van der Waals surface area contributed by atoms with E-state index in [4.69, 9.17) is 0 Å². The highest BCUT2D eigenvalue weighted by atomic mass is 16.3. The fraction of sp³-hybridized carbons (Fsp3) is 0.317. The van der Waals surface area contributed by atoms with E-state index in [-0.39, 0.29) is 0 Å². The highest BCUT2D eigenvalue weighted by Crippen LogP contribution is 2.41. The van der Waals surface area contributed by atoms with E-state index < -0.39 is 0 Å². The van der Waals surface area contributed by atoms with Crippen LogP contribution in [0.1, 0.15) is 121 Å². The summed E-state index contributed by atoms with van der Waals surface area (Å²) in [6.07, 6.45) is 21.2. The van der Waals surface area contributed by atoms with Crippen LogP contribution in [0.3, 0.4) is 0 Å². The standard InChI is InChI=1S/C41H44O2/c42-40-34(23-21-30-13-5-1-6-14-30)25-36(32-17-9-3-10-18-32)27-38(40)29-39-28-37(33-19-11-4-12-20-33)26-35(41(39)43)24-22-31-15-7-2-8-16-31/h1-2,5-8,13-16,21-28,32-33,42-43H,3-4,9-12,17-20,29H2/b23-21-,24-22+. The zero-order chi connectivity index (χ0) is 29.4. The van der Waals surface area contributed by atoms with Crippen molar-refractivity contribution in [3.05, 3.63) is 129 Å². The maximum Gasteiger partial charge on any atom is 0.126 e. The average molecular weight is 569 g/mol. The third-order valence-electron chi connectivity index (χ3n) is 9.53. The first-order chi connectivity index (χ1) is 21.1. The summed E-state index contributed by atoms with van der Waals surface area (Å²) in [5.74, 6) is 1.66. The molecule has 2 fully saturated rings. The second kappa shape index (κ2) is 14.0. The van der Waals surface area contributed by atoms with Crippen LogP contribution in [0.25, 0.3) is 24.3 Å². The van der Waals surface area contributed by atoms with Crippen LogP contribution in [0, 0.1) is 0 Å². The third-order valence-corrected chi connectivity index (χ3v) is 9.53. The molecule has 43 heavy (non-hydrogen) atoms. The van der Waals surface area contributed by atoms with Gasteiger partial charge in [0, 0.05) is 17.5 Å². The van der Waals surface area contributed by atoms with Crippen molar-refractivity contribution in [1.29, 1.82) is 0 Å². The maximum atomic E-state index is 11.6. The molecule has 0 amide bonds. The van der Waals surface area contributed by atoms with Crippen molar-refractivity contribution in [2.45, 2.75) is 82.5 Å². The molecule has 2 aliphatic rings. The zero-order valence-corrected chi connectivity index (χ0v) is 25.2. The van der Waals surface area contributed by atoms with E-state index in [1.165, 1.54) is 75.3 Å². The summed E-state index contributed by atoms with van der Waals surface area (Å²) in [6.45, 7) is 0. The molecule has 4 aromatic carbocycles. The lowest BCUT2D eigenvalue weighted by Gasteiger charge is -2.25. The van der Waals surface area contributed by atoms with Crippen LogP contribution in [-0.4, -0.2) is 10.2 Å². The van der Waals surface area contributed by atoms with Crippen LogP contribution in [-0.2, 0) is 6.42 Å². The van der Waals surface area contributed by atoms with Gasteiger partial charge < -0.3 is 10.2 Å². The number of phenolic OH excluding ortho intramolecular Hbond substituents is 2. The molecule has 0 saturated heterocycles. The normalized spacial score (nSPS) is 16.7. The summed E-state index contributed by atoms with van der Waals surface area (Å²) in [5.41, 5.74) is 8.34. The van der Waals surface area contributed by atoms with Gasteiger partial charge in [0.2, 0.25) is 0 Å². The number of rotatable bonds is 8. The minimum absolute atomic E-state index is 0.315. The van der Waals surface area contributed by atoms with Gasteiger partial charge in [-0.25, -0.2) is 0 Å². The summed E-state index contributed by atoms with van der Waals surface area (Å²) in [7, 11) is 0. The van der Waals surface area contributed by atoms with Crippen LogP contribution in [0.4, 0.5) is 0 Å². The summed E-state index contributed by atoms with van der Waals surface area (Å²) in [5, 5.41) is 23.3. The Bertz CT molecular complexity index is 1430. The van der Waals surface area contributed by atoms with Gasteiger partial charge in [0.05, 0.1) is 0 Å². The Kier molecular flexibility index (Phi) is 9.43. The number of phenols is 2. The second-order valence-corrected chi connectivity index (χ2v) is 12.6. The molecule has 2 heteroatoms. The molecule has 2 saturated carbocycles. The fourth-order valence-electron chi connectivity index (χ4n) is 7.06. The predicted octanol–water partition coefficient (Wildman–Crippen LogP) is 11.1. The van der Waals surface area contributed by atoms with Crippen molar-refractivity contribution in [3.8, 4) is 11.5 Å². The van der Waals surface area contributed by atoms with Gasteiger partial charge in [-0.15, -0.1) is 0 Å². The molecule has 0 spiro atoms. The fourth-order valence-corrected chi connectivity index (χ4v) is 7.06. The van der Waals surface area contributed by atoms with Gasteiger partial charge in [-0.3, -0.25) is 0 Å². The quantitative estimate of drug-likeness (QED) is 0.208. The number of hydrogen-bond donors (Lipinski definition) is 2. The van der Waals surface area contributed by atoms with Crippen LogP contribution in [0.5, 0.6) is 11.5 Å². The molecule has 0 heterocycles. The minimum Gasteiger partial charge on any atom is -0.507 e. The molecule has 0 aliphatic heterocycles. The molecule has 0 atom stereocenters. The van der Waals surface area contributed by atoms with Gasteiger partial charge >= 0.3 is 0 Å². The number of aromatic hydroxyl groups is 2. The van der Waals surface area contributed by atoms with Crippen LogP contribution < -0.4 is 0 Å². The van der Waals surface area contributed by atoms with Gasteiger partial charge in [-0.2, -0.15) is 0 Å². The van der Waals surface area contributed by atoms with Crippen molar-refractivity contribution in [1.82, 2.24) is 0 Å². The molecular formula is C41H44O2. The van der Waals surface area contributed by atoms with Gasteiger partial charge in [-0.1, -0.05) is 136 Å². The van der Waals surface area contributed by atoms with Crippen molar-refractivity contribution >= 4 is 24.3 Å². The Balaban J connectivity index is 1.40. The Hall–Kier alpha value is -4.04. The Labute approximate surface area is 257 Å². The van der Waals surface area contributed by atoms with Crippen molar-refractivity contribution < 1.29 is 10.2 Å². The first kappa shape index (κ1) is 29.1. The van der Waals surface area contributed by atoms with Crippen molar-refractivity contribution in [2.24, 2.45) is 0 Å². The molecule has 0 aromatic heterocycles. The van der Waals surface area contributed by atoms with E-state index in [1.807, 2.05) is 48.6 Å². The van der Waals surface area contributed by atoms with E-state index in [0.717, 1.165) is 33.4 Å². The van der Waals surface area contributed by atoms with Crippen LogP contribution in [0.2, 0.25) is 0 Å². The summed E-state index contributed by atoms with van der Waals surface area (Å²) < 4.78 is 0. The molecule has 220 valence electrons. The Morgan fingerprint density at radius 2 is 0.884 bits per heavy atom. The Morgan fingerprint density at radius 3 is 1.28 bits per heavy atom. The molecule has 2 aliphatic carbocycles. The smallest absolute Gasteiger partial charge is 0.126 e. The van der Waals surface area contributed by atoms with Gasteiger partial charge in [0.25, 0.3) is 0 Å². The number of hydrogen-bond acceptors (Lipinski definition) is 2. The molecule has 4 aromatic rings. The Morgan fingerprint density at radius 1 is 0.488 bits per heavy atom. The summed E-state index contributed by atoms with van der Waals surface area (Å²) in [6, 6.07) is 29.3. The molecule has 2 nitrogen and oxygen atoms in total. The molecule has 0 bridgehead atoms. The number of benzene rings is 4. The largest absolute Gasteiger partial charge is 0.507 e. The molecule has 2 N–H and O–H groups in total. The molecular weight excluding hydrogens is 524 g/mol. The lowest BCUT2D eigenvalue weighted by atomic mass is 9.81. The van der Waals surface area contributed by atoms with Crippen LogP contribution >= 0.6 is 0 Å². The highest BCUT2D eigenvalue weighted by Gasteiger charge is 2.22. The van der Waals surface area contributed by atoms with Crippen molar-refractivity contribution in [3.63, 3.8) is 0 Å². The highest BCUT2D eigenvalue weighted by molar-refractivity contribution is 5.76. The van der Waals surface area contributed by atoms with Crippen molar-refractivity contribution in [2.75, 3.05) is 0 Å². The zero-order valence-electron chi connectivity index (χ0n) is 25.2. The molecule has 0 unspecified atom stereocenters. The average Bonchev–Trinajstić information content (AvgIpc) is 3.07. The van der Waals surface area contributed by atoms with E-state index >= 15 is 0 Å². The summed E-state index contributed by atoms with van der Waals surface area (Å²) in [4.78, 5) is 0. The monoisotopic (exact) mass is 568 g/mol. The lowest BCUT2D eigenvalue weighted by molar-refractivity contribution is 0.438. The first-order valence-corrected chi connectivity index (χ1v) is 16.3. The summed E-state index contributed by atoms with van der Waals surface area (Å²) >= 11 is 0. The maximum absolute atomic E-state index is 11.6. The van der Waals surface area contributed by atoms with Gasteiger partial charge in [-0.05, 0) is 83.0 Å². The molecule has 0 radical (unpaired) electrons. The van der Waals surface area contributed by atoms with E-state index in [0.29, 0.717) is 29.8 Å². The van der Waals surface area contributed by atoms with E-state index in [9.17, 15) is 10.2 Å². The topological polar surface area (TPSA) is 40.5 Å². The van der Waals surface area contributed by atoms with Crippen LogP contribution in [0.15, 0.2) is 84.9 Å². The molecule has 6 rings (SSSR count). The van der Waals surface area contributed by atoms with E-state index in [2.05, 4.69) is 60.7 Å². The minimum atomic E-state index is 0.315. The second-order valence-electron chi connectivity index (χ2n) is 12.6. The van der Waals surface area contributed by atoms with E-state index in [1.54, 1.807) is 0 Å². The first-order valence-electron chi connectivity index (χ1n) is 16.3. The lowest BCUT2D eigenvalue weighted by Crippen LogP contribution is -2.07. The van der Waals surface area contributed by atoms with Gasteiger partial charge in [0.1, 0.15) is 11.5 Å². The predicted molar refractivity (Wildman–Crippen MR) is 181 cm³/mol.